The number of aliphatic hydroxyl groups is 1. The Bertz CT molecular complexity index is 1360. The lowest BCUT2D eigenvalue weighted by Crippen LogP contribution is -2.45. The van der Waals surface area contributed by atoms with Crippen LogP contribution in [0.2, 0.25) is 0 Å². The number of rotatable bonds is 8. The highest BCUT2D eigenvalue weighted by Crippen LogP contribution is 2.45. The van der Waals surface area contributed by atoms with Crippen molar-refractivity contribution < 1.29 is 38.4 Å². The summed E-state index contributed by atoms with van der Waals surface area (Å²) in [7, 11) is 0. The molecule has 1 aliphatic heterocycles. The van der Waals surface area contributed by atoms with Crippen molar-refractivity contribution in [1.29, 1.82) is 0 Å². The van der Waals surface area contributed by atoms with E-state index in [1.54, 1.807) is 39.0 Å². The van der Waals surface area contributed by atoms with Crippen LogP contribution in [0.4, 0.5) is 0 Å². The molecule has 4 atom stereocenters. The summed E-state index contributed by atoms with van der Waals surface area (Å²) >= 11 is 2.09. The predicted octanol–water partition coefficient (Wildman–Crippen LogP) is 4.02. The van der Waals surface area contributed by atoms with Crippen LogP contribution in [0.5, 0.6) is 0 Å². The van der Waals surface area contributed by atoms with Crippen LogP contribution in [0.3, 0.4) is 0 Å². The molecule has 42 heavy (non-hydrogen) atoms. The quantitative estimate of drug-likeness (QED) is 0.315. The van der Waals surface area contributed by atoms with Crippen molar-refractivity contribution in [2.75, 3.05) is 6.61 Å². The van der Waals surface area contributed by atoms with Gasteiger partial charge in [-0.3, -0.25) is 9.59 Å². The fraction of sp³-hybridized carbons (Fsp3) is 0.469. The number of carbonyl (C=O) groups is 3. The smallest absolute Gasteiger partial charge is 0.339 e. The van der Waals surface area contributed by atoms with Crippen molar-refractivity contribution in [2.24, 2.45) is 0 Å². The number of hydrogen-bond acceptors (Lipinski definition) is 8. The van der Waals surface area contributed by atoms with Gasteiger partial charge in [-0.1, -0.05) is 36.4 Å². The third-order valence-corrected chi connectivity index (χ3v) is 8.47. The van der Waals surface area contributed by atoms with Gasteiger partial charge < -0.3 is 29.4 Å². The highest BCUT2D eigenvalue weighted by molar-refractivity contribution is 14.1. The third kappa shape index (κ3) is 7.04. The van der Waals surface area contributed by atoms with Gasteiger partial charge in [-0.2, -0.15) is 0 Å². The minimum Gasteiger partial charge on any atom is -0.460 e. The second-order valence-electron chi connectivity index (χ2n) is 12.0. The first-order valence-electron chi connectivity index (χ1n) is 14.2. The van der Waals surface area contributed by atoms with Crippen molar-refractivity contribution in [3.63, 3.8) is 0 Å². The Hall–Kier alpha value is -2.80. The zero-order valence-corrected chi connectivity index (χ0v) is 26.1. The largest absolute Gasteiger partial charge is 0.460 e. The lowest BCUT2D eigenvalue weighted by atomic mass is 9.91. The monoisotopic (exact) mass is 689 g/mol. The zero-order valence-electron chi connectivity index (χ0n) is 23.9. The van der Waals surface area contributed by atoms with Crippen LogP contribution in [0.15, 0.2) is 60.2 Å². The van der Waals surface area contributed by atoms with Crippen LogP contribution in [0, 0.1) is 3.57 Å². The molecule has 1 spiro atoms. The van der Waals surface area contributed by atoms with Gasteiger partial charge in [-0.15, -0.1) is 0 Å². The van der Waals surface area contributed by atoms with E-state index in [0.717, 1.165) is 14.7 Å². The van der Waals surface area contributed by atoms with Gasteiger partial charge in [0.15, 0.2) is 5.79 Å². The van der Waals surface area contributed by atoms with Crippen molar-refractivity contribution >= 4 is 40.4 Å². The second-order valence-corrected chi connectivity index (χ2v) is 13.2. The molecule has 2 N–H and O–H groups in total. The molecule has 0 bridgehead atoms. The number of ether oxygens (including phenoxy) is 4. The molecule has 224 valence electrons. The molecule has 5 rings (SSSR count). The van der Waals surface area contributed by atoms with Gasteiger partial charge in [0.2, 0.25) is 5.91 Å². The standard InChI is InChI=1S/C32H36INO8/c1-31(2,3)41-27(36)13-12-22(18-35)34-29(37)21-14-25(39-30(38)23-10-6-7-11-24(23)33)28-26(15-21)40-32(42-28)16-19-8-4-5-9-20(19)17-32/h4-11,15,22,25-26,28,35H,12-14,16-18H2,1-3H3,(H,34,37)/t22-,25+,26+,28-/m0/s1. The van der Waals surface area contributed by atoms with Gasteiger partial charge in [0.1, 0.15) is 23.9 Å². The number of halogens is 1. The van der Waals surface area contributed by atoms with E-state index in [1.807, 2.05) is 24.3 Å². The van der Waals surface area contributed by atoms with E-state index in [4.69, 9.17) is 18.9 Å². The Labute approximate surface area is 259 Å². The molecule has 10 heteroatoms. The van der Waals surface area contributed by atoms with E-state index < -0.39 is 53.6 Å². The molecule has 0 unspecified atom stereocenters. The molecule has 0 aromatic heterocycles. The van der Waals surface area contributed by atoms with Crippen LogP contribution < -0.4 is 5.32 Å². The topological polar surface area (TPSA) is 120 Å². The van der Waals surface area contributed by atoms with Crippen LogP contribution in [-0.2, 0) is 41.4 Å². The zero-order chi connectivity index (χ0) is 30.1. The van der Waals surface area contributed by atoms with Crippen molar-refractivity contribution in [2.45, 2.75) is 88.6 Å². The number of esters is 2. The second kappa shape index (κ2) is 12.4. The first-order valence-corrected chi connectivity index (χ1v) is 15.3. The van der Waals surface area contributed by atoms with Gasteiger partial charge in [0.05, 0.1) is 18.2 Å². The van der Waals surface area contributed by atoms with Crippen molar-refractivity contribution in [1.82, 2.24) is 5.32 Å². The number of nitrogens with one attached hydrogen (secondary N) is 1. The molecule has 1 saturated heterocycles. The lowest BCUT2D eigenvalue weighted by molar-refractivity contribution is -0.172. The maximum atomic E-state index is 13.4. The van der Waals surface area contributed by atoms with E-state index in [1.165, 1.54) is 0 Å². The molecule has 1 fully saturated rings. The van der Waals surface area contributed by atoms with Crippen molar-refractivity contribution in [3.05, 3.63) is 80.4 Å². The van der Waals surface area contributed by atoms with Gasteiger partial charge in [-0.25, -0.2) is 4.79 Å². The summed E-state index contributed by atoms with van der Waals surface area (Å²) in [5, 5.41) is 12.7. The average molecular weight is 690 g/mol. The molecule has 0 saturated carbocycles. The molecule has 9 nitrogen and oxygen atoms in total. The summed E-state index contributed by atoms with van der Waals surface area (Å²) in [6, 6.07) is 14.5. The maximum Gasteiger partial charge on any atom is 0.339 e. The minimum atomic E-state index is -0.908. The third-order valence-electron chi connectivity index (χ3n) is 7.53. The molecule has 1 heterocycles. The first kappa shape index (κ1) is 30.7. The molecule has 1 amide bonds. The minimum absolute atomic E-state index is 0.0441. The average Bonchev–Trinajstić information content (AvgIpc) is 3.48. The number of fused-ring (bicyclic) bond motifs is 2. The Morgan fingerprint density at radius 1 is 1.07 bits per heavy atom. The summed E-state index contributed by atoms with van der Waals surface area (Å²) in [4.78, 5) is 38.8. The highest BCUT2D eigenvalue weighted by atomic mass is 127. The van der Waals surface area contributed by atoms with E-state index >= 15 is 0 Å². The molecule has 0 radical (unpaired) electrons. The van der Waals surface area contributed by atoms with Crippen LogP contribution >= 0.6 is 22.6 Å². The molecule has 2 aromatic carbocycles. The van der Waals surface area contributed by atoms with Gasteiger partial charge in [-0.05, 0) is 79.1 Å². The van der Waals surface area contributed by atoms with E-state index in [0.29, 0.717) is 24.0 Å². The van der Waals surface area contributed by atoms with Crippen LogP contribution in [-0.4, -0.2) is 65.3 Å². The van der Waals surface area contributed by atoms with E-state index in [2.05, 4.69) is 40.0 Å². The summed E-state index contributed by atoms with van der Waals surface area (Å²) in [6.45, 7) is 5.00. The van der Waals surface area contributed by atoms with Crippen LogP contribution in [0.1, 0.15) is 61.5 Å². The predicted molar refractivity (Wildman–Crippen MR) is 161 cm³/mol. The fourth-order valence-electron chi connectivity index (χ4n) is 5.66. The van der Waals surface area contributed by atoms with E-state index in [-0.39, 0.29) is 25.9 Å². The summed E-state index contributed by atoms with van der Waals surface area (Å²) in [5.74, 6) is -2.24. The molecular weight excluding hydrogens is 653 g/mol. The van der Waals surface area contributed by atoms with Crippen LogP contribution in [0.25, 0.3) is 0 Å². The molecule has 3 aliphatic rings. The fourth-order valence-corrected chi connectivity index (χ4v) is 6.27. The van der Waals surface area contributed by atoms with Gasteiger partial charge in [0.25, 0.3) is 0 Å². The lowest BCUT2D eigenvalue weighted by Gasteiger charge is -2.31. The molecule has 2 aromatic rings. The Balaban J connectivity index is 1.33. The number of benzene rings is 2. The summed E-state index contributed by atoms with van der Waals surface area (Å²) in [5.41, 5.74) is 2.45. The number of carbonyl (C=O) groups excluding carboxylic acids is 3. The Morgan fingerprint density at radius 2 is 1.74 bits per heavy atom. The Morgan fingerprint density at radius 3 is 2.38 bits per heavy atom. The van der Waals surface area contributed by atoms with Gasteiger partial charge >= 0.3 is 11.9 Å². The maximum absolute atomic E-state index is 13.4. The number of hydrogen-bond donors (Lipinski definition) is 2. The van der Waals surface area contributed by atoms with E-state index in [9.17, 15) is 19.5 Å². The van der Waals surface area contributed by atoms with Gasteiger partial charge in [0, 0.05) is 34.8 Å². The first-order chi connectivity index (χ1) is 19.9. The molecule has 2 aliphatic carbocycles. The number of aliphatic hydroxyl groups excluding tert-OH is 1. The van der Waals surface area contributed by atoms with Crippen molar-refractivity contribution in [3.8, 4) is 0 Å². The SMILES string of the molecule is CC(C)(C)OC(=O)CC[C@@H](CO)NC(=O)C1=C[C@H]2OC3(Cc4ccccc4C3)O[C@H]2[C@H](OC(=O)c2ccccc2I)C1. The highest BCUT2D eigenvalue weighted by Gasteiger charge is 2.55. The summed E-state index contributed by atoms with van der Waals surface area (Å²) < 4.78 is 25.1. The Kier molecular flexibility index (Phi) is 9.08. The number of amides is 1. The summed E-state index contributed by atoms with van der Waals surface area (Å²) in [6.07, 6.45) is 1.22. The normalized spacial score (nSPS) is 23.0. The molecular formula is C32H36INO8.